The highest BCUT2D eigenvalue weighted by atomic mass is 19.3. The van der Waals surface area contributed by atoms with Crippen LogP contribution in [0, 0.1) is 6.92 Å². The van der Waals surface area contributed by atoms with Gasteiger partial charge in [-0.2, -0.15) is 8.78 Å². The predicted octanol–water partition coefficient (Wildman–Crippen LogP) is 3.12. The van der Waals surface area contributed by atoms with E-state index in [2.05, 4.69) is 10.1 Å². The third-order valence-electron chi connectivity index (χ3n) is 2.67. The lowest BCUT2D eigenvalue weighted by atomic mass is 10.2. The molecule has 4 nitrogen and oxygen atoms in total. The molecule has 0 fully saturated rings. The van der Waals surface area contributed by atoms with Crippen LogP contribution in [0.3, 0.4) is 0 Å². The molecule has 0 aliphatic carbocycles. The molecule has 0 unspecified atom stereocenters. The van der Waals surface area contributed by atoms with E-state index in [4.69, 9.17) is 4.42 Å². The fourth-order valence-corrected chi connectivity index (χ4v) is 1.66. The number of rotatable bonds is 5. The van der Waals surface area contributed by atoms with Gasteiger partial charge in [-0.3, -0.25) is 4.79 Å². The Hall–Kier alpha value is -2.37. The van der Waals surface area contributed by atoms with E-state index in [1.54, 1.807) is 25.1 Å². The number of benzene rings is 1. The number of alkyl halides is 2. The average Bonchev–Trinajstić information content (AvgIpc) is 2.83. The van der Waals surface area contributed by atoms with E-state index >= 15 is 0 Å². The number of ether oxygens (including phenoxy) is 1. The van der Waals surface area contributed by atoms with E-state index in [9.17, 15) is 13.6 Å². The van der Waals surface area contributed by atoms with Crippen LogP contribution in [0.5, 0.6) is 5.75 Å². The van der Waals surface area contributed by atoms with Crippen molar-refractivity contribution >= 4 is 5.91 Å². The molecule has 106 valence electrons. The van der Waals surface area contributed by atoms with Gasteiger partial charge in [-0.25, -0.2) is 0 Å². The Labute approximate surface area is 114 Å². The number of halogens is 2. The first-order chi connectivity index (χ1) is 9.56. The summed E-state index contributed by atoms with van der Waals surface area (Å²) in [7, 11) is 0. The van der Waals surface area contributed by atoms with Crippen LogP contribution in [-0.2, 0) is 6.54 Å². The molecule has 0 aliphatic rings. The van der Waals surface area contributed by atoms with Gasteiger partial charge in [0, 0.05) is 12.1 Å². The lowest BCUT2D eigenvalue weighted by molar-refractivity contribution is -0.0498. The zero-order valence-corrected chi connectivity index (χ0v) is 10.7. The molecule has 1 aromatic heterocycles. The smallest absolute Gasteiger partial charge is 0.387 e. The first-order valence-corrected chi connectivity index (χ1v) is 5.92. The summed E-state index contributed by atoms with van der Waals surface area (Å²) < 4.78 is 33.3. The summed E-state index contributed by atoms with van der Waals surface area (Å²) in [6.07, 6.45) is 1.45. The summed E-state index contributed by atoms with van der Waals surface area (Å²) in [5.74, 6) is 0.0278. The SMILES string of the molecule is Cc1ccoc1C(=O)NCc1ccc(OC(F)F)cc1. The van der Waals surface area contributed by atoms with Crippen molar-refractivity contribution < 1.29 is 22.7 Å². The van der Waals surface area contributed by atoms with Gasteiger partial charge in [-0.05, 0) is 30.7 Å². The molecule has 2 aromatic rings. The fraction of sp³-hybridized carbons (Fsp3) is 0.214. The largest absolute Gasteiger partial charge is 0.459 e. The van der Waals surface area contributed by atoms with Gasteiger partial charge in [-0.15, -0.1) is 0 Å². The van der Waals surface area contributed by atoms with Crippen LogP contribution in [0.2, 0.25) is 0 Å². The highest BCUT2D eigenvalue weighted by Gasteiger charge is 2.12. The lowest BCUT2D eigenvalue weighted by Crippen LogP contribution is -2.22. The van der Waals surface area contributed by atoms with E-state index < -0.39 is 6.61 Å². The van der Waals surface area contributed by atoms with Crippen LogP contribution in [0.4, 0.5) is 8.78 Å². The minimum absolute atomic E-state index is 0.0805. The zero-order chi connectivity index (χ0) is 14.5. The molecule has 0 atom stereocenters. The second-order valence-electron chi connectivity index (χ2n) is 4.14. The number of carbonyl (C=O) groups is 1. The maximum Gasteiger partial charge on any atom is 0.387 e. The number of hydrogen-bond acceptors (Lipinski definition) is 3. The first kappa shape index (κ1) is 14.0. The molecule has 0 bridgehead atoms. The summed E-state index contributed by atoms with van der Waals surface area (Å²) >= 11 is 0. The molecular formula is C14H13F2NO3. The van der Waals surface area contributed by atoms with E-state index in [0.717, 1.165) is 11.1 Å². The summed E-state index contributed by atoms with van der Waals surface area (Å²) in [6.45, 7) is -0.800. The van der Waals surface area contributed by atoms with Crippen molar-refractivity contribution in [3.05, 3.63) is 53.5 Å². The Kier molecular flexibility index (Phi) is 4.34. The van der Waals surface area contributed by atoms with Crippen LogP contribution < -0.4 is 10.1 Å². The van der Waals surface area contributed by atoms with Gasteiger partial charge in [-0.1, -0.05) is 12.1 Å². The van der Waals surface area contributed by atoms with Gasteiger partial charge >= 0.3 is 6.61 Å². The quantitative estimate of drug-likeness (QED) is 0.916. The lowest BCUT2D eigenvalue weighted by Gasteiger charge is -2.07. The highest BCUT2D eigenvalue weighted by Crippen LogP contribution is 2.15. The van der Waals surface area contributed by atoms with Crippen LogP contribution in [0.25, 0.3) is 0 Å². The molecule has 0 aliphatic heterocycles. The third kappa shape index (κ3) is 3.57. The standard InChI is InChI=1S/C14H13F2NO3/c1-9-6-7-19-12(9)13(18)17-8-10-2-4-11(5-3-10)20-14(15)16/h2-7,14H,8H2,1H3,(H,17,18). The Morgan fingerprint density at radius 3 is 2.55 bits per heavy atom. The Balaban J connectivity index is 1.91. The molecule has 1 amide bonds. The molecule has 1 heterocycles. The van der Waals surface area contributed by atoms with Crippen LogP contribution in [-0.4, -0.2) is 12.5 Å². The molecule has 2 rings (SSSR count). The molecular weight excluding hydrogens is 268 g/mol. The van der Waals surface area contributed by atoms with E-state index in [1.807, 2.05) is 0 Å². The maximum absolute atomic E-state index is 12.0. The molecule has 1 N–H and O–H groups in total. The zero-order valence-electron chi connectivity index (χ0n) is 10.7. The molecule has 0 radical (unpaired) electrons. The van der Waals surface area contributed by atoms with Crippen molar-refractivity contribution in [3.8, 4) is 5.75 Å². The number of hydrogen-bond donors (Lipinski definition) is 1. The molecule has 1 aromatic carbocycles. The fourth-order valence-electron chi connectivity index (χ4n) is 1.66. The van der Waals surface area contributed by atoms with Gasteiger partial charge < -0.3 is 14.5 Å². The van der Waals surface area contributed by atoms with Gasteiger partial charge in [0.1, 0.15) is 5.75 Å². The summed E-state index contributed by atoms with van der Waals surface area (Å²) in [4.78, 5) is 11.8. The number of aryl methyl sites for hydroxylation is 1. The van der Waals surface area contributed by atoms with Gasteiger partial charge in [0.25, 0.3) is 5.91 Å². The normalized spacial score (nSPS) is 10.6. The van der Waals surface area contributed by atoms with Crippen molar-refractivity contribution in [1.29, 1.82) is 0 Å². The number of furan rings is 1. The van der Waals surface area contributed by atoms with Crippen LogP contribution in [0.15, 0.2) is 41.0 Å². The van der Waals surface area contributed by atoms with Gasteiger partial charge in [0.05, 0.1) is 6.26 Å². The highest BCUT2D eigenvalue weighted by molar-refractivity contribution is 5.92. The summed E-state index contributed by atoms with van der Waals surface area (Å²) in [5.41, 5.74) is 1.52. The number of amides is 1. The van der Waals surface area contributed by atoms with Gasteiger partial charge in [0.15, 0.2) is 5.76 Å². The second kappa shape index (κ2) is 6.18. The van der Waals surface area contributed by atoms with Crippen molar-refractivity contribution in [2.45, 2.75) is 20.1 Å². The summed E-state index contributed by atoms with van der Waals surface area (Å²) in [6, 6.07) is 7.75. The number of carbonyl (C=O) groups excluding carboxylic acids is 1. The molecule has 0 spiro atoms. The van der Waals surface area contributed by atoms with E-state index in [-0.39, 0.29) is 24.0 Å². The van der Waals surface area contributed by atoms with Crippen molar-refractivity contribution in [1.82, 2.24) is 5.32 Å². The molecule has 0 saturated heterocycles. The van der Waals surface area contributed by atoms with E-state index in [1.165, 1.54) is 18.4 Å². The second-order valence-corrected chi connectivity index (χ2v) is 4.14. The monoisotopic (exact) mass is 281 g/mol. The van der Waals surface area contributed by atoms with Crippen molar-refractivity contribution in [2.24, 2.45) is 0 Å². The third-order valence-corrected chi connectivity index (χ3v) is 2.67. The Bertz CT molecular complexity index is 578. The molecule has 6 heteroatoms. The predicted molar refractivity (Wildman–Crippen MR) is 67.7 cm³/mol. The summed E-state index contributed by atoms with van der Waals surface area (Å²) in [5, 5.41) is 2.68. The molecule has 20 heavy (non-hydrogen) atoms. The minimum Gasteiger partial charge on any atom is -0.459 e. The van der Waals surface area contributed by atoms with Gasteiger partial charge in [0.2, 0.25) is 0 Å². The van der Waals surface area contributed by atoms with Crippen LogP contribution in [0.1, 0.15) is 21.7 Å². The van der Waals surface area contributed by atoms with Crippen molar-refractivity contribution in [2.75, 3.05) is 0 Å². The Morgan fingerprint density at radius 1 is 1.30 bits per heavy atom. The number of nitrogens with one attached hydrogen (secondary N) is 1. The molecule has 0 saturated carbocycles. The minimum atomic E-state index is -2.84. The topological polar surface area (TPSA) is 51.5 Å². The Morgan fingerprint density at radius 2 is 2.00 bits per heavy atom. The maximum atomic E-state index is 12.0. The first-order valence-electron chi connectivity index (χ1n) is 5.92. The average molecular weight is 281 g/mol. The van der Waals surface area contributed by atoms with Crippen molar-refractivity contribution in [3.63, 3.8) is 0 Å². The van der Waals surface area contributed by atoms with E-state index in [0.29, 0.717) is 0 Å². The van der Waals surface area contributed by atoms with Crippen LogP contribution >= 0.6 is 0 Å².